The van der Waals surface area contributed by atoms with Crippen LogP contribution >= 0.6 is 0 Å². The van der Waals surface area contributed by atoms with E-state index in [4.69, 9.17) is 0 Å². The lowest BCUT2D eigenvalue weighted by Crippen LogP contribution is -1.81. The van der Waals surface area contributed by atoms with E-state index in [0.29, 0.717) is 17.2 Å². The SMILES string of the molecule is Oc1ccccc1-c1n[nH]c(C=Cc2ccccc2)n1. The number of para-hydroxylation sites is 1. The Kier molecular flexibility index (Phi) is 3.29. The van der Waals surface area contributed by atoms with E-state index in [1.807, 2.05) is 48.6 Å². The van der Waals surface area contributed by atoms with Crippen molar-refractivity contribution in [2.75, 3.05) is 0 Å². The van der Waals surface area contributed by atoms with Crippen molar-refractivity contribution in [2.24, 2.45) is 0 Å². The molecule has 0 saturated carbocycles. The standard InChI is InChI=1S/C16H13N3O/c20-14-9-5-4-8-13(14)16-17-15(18-19-16)11-10-12-6-2-1-3-7-12/h1-11,20H,(H,17,18,19). The predicted octanol–water partition coefficient (Wildman–Crippen LogP) is 3.35. The first-order chi connectivity index (χ1) is 9.83. The molecule has 3 rings (SSSR count). The van der Waals surface area contributed by atoms with E-state index >= 15 is 0 Å². The maximum Gasteiger partial charge on any atom is 0.185 e. The fourth-order valence-corrected chi connectivity index (χ4v) is 1.87. The summed E-state index contributed by atoms with van der Waals surface area (Å²) in [6, 6.07) is 17.0. The summed E-state index contributed by atoms with van der Waals surface area (Å²) in [5.74, 6) is 1.30. The lowest BCUT2D eigenvalue weighted by Gasteiger charge is -1.97. The molecule has 0 spiro atoms. The van der Waals surface area contributed by atoms with Gasteiger partial charge in [0.05, 0.1) is 5.56 Å². The Labute approximate surface area is 116 Å². The van der Waals surface area contributed by atoms with Crippen LogP contribution < -0.4 is 0 Å². The number of phenolic OH excluding ortho intramolecular Hbond substituents is 1. The lowest BCUT2D eigenvalue weighted by molar-refractivity contribution is 0.477. The number of nitrogens with one attached hydrogen (secondary N) is 1. The summed E-state index contributed by atoms with van der Waals surface area (Å²) in [6.45, 7) is 0. The van der Waals surface area contributed by atoms with Crippen LogP contribution in [0.15, 0.2) is 54.6 Å². The van der Waals surface area contributed by atoms with Crippen LogP contribution in [0.1, 0.15) is 11.4 Å². The van der Waals surface area contributed by atoms with Gasteiger partial charge < -0.3 is 5.11 Å². The molecule has 1 aromatic heterocycles. The molecule has 0 aliphatic rings. The van der Waals surface area contributed by atoms with E-state index in [1.165, 1.54) is 0 Å². The van der Waals surface area contributed by atoms with Gasteiger partial charge in [-0.25, -0.2) is 4.98 Å². The normalized spacial score (nSPS) is 11.0. The molecule has 2 N–H and O–H groups in total. The molecule has 2 aromatic carbocycles. The van der Waals surface area contributed by atoms with Crippen LogP contribution in [0.4, 0.5) is 0 Å². The van der Waals surface area contributed by atoms with E-state index < -0.39 is 0 Å². The third-order valence-corrected chi connectivity index (χ3v) is 2.88. The first-order valence-corrected chi connectivity index (χ1v) is 6.27. The average molecular weight is 263 g/mol. The van der Waals surface area contributed by atoms with Gasteiger partial charge in [-0.2, -0.15) is 5.10 Å². The maximum absolute atomic E-state index is 9.77. The molecule has 4 nitrogen and oxygen atoms in total. The van der Waals surface area contributed by atoms with Crippen molar-refractivity contribution in [1.82, 2.24) is 15.2 Å². The van der Waals surface area contributed by atoms with Gasteiger partial charge >= 0.3 is 0 Å². The van der Waals surface area contributed by atoms with E-state index in [-0.39, 0.29) is 5.75 Å². The molecule has 0 atom stereocenters. The highest BCUT2D eigenvalue weighted by molar-refractivity contribution is 5.68. The van der Waals surface area contributed by atoms with Crippen LogP contribution in [0.5, 0.6) is 5.75 Å². The molecule has 0 fully saturated rings. The van der Waals surface area contributed by atoms with Crippen molar-refractivity contribution in [2.45, 2.75) is 0 Å². The zero-order chi connectivity index (χ0) is 13.8. The number of hydrogen-bond donors (Lipinski definition) is 2. The Morgan fingerprint density at radius 2 is 1.65 bits per heavy atom. The number of hydrogen-bond acceptors (Lipinski definition) is 3. The Morgan fingerprint density at radius 3 is 2.45 bits per heavy atom. The second-order valence-electron chi connectivity index (χ2n) is 4.31. The number of phenols is 1. The number of aromatic nitrogens is 3. The Hall–Kier alpha value is -2.88. The quantitative estimate of drug-likeness (QED) is 0.761. The van der Waals surface area contributed by atoms with Gasteiger partial charge in [-0.3, -0.25) is 5.10 Å². The van der Waals surface area contributed by atoms with Gasteiger partial charge in [0.15, 0.2) is 5.82 Å². The lowest BCUT2D eigenvalue weighted by atomic mass is 10.2. The second kappa shape index (κ2) is 5.40. The van der Waals surface area contributed by atoms with Gasteiger partial charge in [0.1, 0.15) is 11.6 Å². The van der Waals surface area contributed by atoms with E-state index in [9.17, 15) is 5.11 Å². The maximum atomic E-state index is 9.77. The van der Waals surface area contributed by atoms with Gasteiger partial charge in [0, 0.05) is 0 Å². The number of H-pyrrole nitrogens is 1. The summed E-state index contributed by atoms with van der Waals surface area (Å²) < 4.78 is 0. The molecule has 0 aliphatic heterocycles. The Balaban J connectivity index is 1.85. The number of aromatic hydroxyl groups is 1. The largest absolute Gasteiger partial charge is 0.507 e. The van der Waals surface area contributed by atoms with Crippen molar-refractivity contribution in [3.63, 3.8) is 0 Å². The van der Waals surface area contributed by atoms with Gasteiger partial charge in [0.25, 0.3) is 0 Å². The fraction of sp³-hybridized carbons (Fsp3) is 0. The molecular formula is C16H13N3O. The van der Waals surface area contributed by atoms with Crippen LogP contribution in [0, 0.1) is 0 Å². The van der Waals surface area contributed by atoms with Crippen molar-refractivity contribution < 1.29 is 5.11 Å². The third-order valence-electron chi connectivity index (χ3n) is 2.88. The first-order valence-electron chi connectivity index (χ1n) is 6.27. The van der Waals surface area contributed by atoms with Crippen LogP contribution in [-0.2, 0) is 0 Å². The monoisotopic (exact) mass is 263 g/mol. The van der Waals surface area contributed by atoms with Crippen molar-refractivity contribution in [3.05, 3.63) is 66.0 Å². The summed E-state index contributed by atoms with van der Waals surface area (Å²) in [7, 11) is 0. The third kappa shape index (κ3) is 2.59. The van der Waals surface area contributed by atoms with Crippen molar-refractivity contribution in [1.29, 1.82) is 0 Å². The molecular weight excluding hydrogens is 250 g/mol. The summed E-state index contributed by atoms with van der Waals surface area (Å²) in [5, 5.41) is 16.7. The summed E-state index contributed by atoms with van der Waals surface area (Å²) in [5.41, 5.74) is 1.70. The molecule has 98 valence electrons. The average Bonchev–Trinajstić information content (AvgIpc) is 2.95. The van der Waals surface area contributed by atoms with Crippen LogP contribution in [0.2, 0.25) is 0 Å². The molecule has 4 heteroatoms. The number of benzene rings is 2. The molecule has 0 unspecified atom stereocenters. The minimum absolute atomic E-state index is 0.171. The topological polar surface area (TPSA) is 61.8 Å². The highest BCUT2D eigenvalue weighted by Gasteiger charge is 2.08. The van der Waals surface area contributed by atoms with E-state index in [2.05, 4.69) is 15.2 Å². The molecule has 3 aromatic rings. The van der Waals surface area contributed by atoms with Crippen molar-refractivity contribution in [3.8, 4) is 17.1 Å². The van der Waals surface area contributed by atoms with E-state index in [0.717, 1.165) is 5.56 Å². The minimum atomic E-state index is 0.171. The van der Waals surface area contributed by atoms with Gasteiger partial charge in [-0.15, -0.1) is 0 Å². The molecule has 0 amide bonds. The van der Waals surface area contributed by atoms with Crippen molar-refractivity contribution >= 4 is 12.2 Å². The van der Waals surface area contributed by atoms with Crippen LogP contribution in [-0.4, -0.2) is 20.3 Å². The van der Waals surface area contributed by atoms with Crippen LogP contribution in [0.3, 0.4) is 0 Å². The fourth-order valence-electron chi connectivity index (χ4n) is 1.87. The number of nitrogens with zero attached hydrogens (tertiary/aromatic N) is 2. The van der Waals surface area contributed by atoms with Gasteiger partial charge in [-0.05, 0) is 23.8 Å². The first kappa shape index (κ1) is 12.2. The van der Waals surface area contributed by atoms with Gasteiger partial charge in [-0.1, -0.05) is 48.5 Å². The Morgan fingerprint density at radius 1 is 0.900 bits per heavy atom. The molecule has 0 aliphatic carbocycles. The predicted molar refractivity (Wildman–Crippen MR) is 78.9 cm³/mol. The zero-order valence-electron chi connectivity index (χ0n) is 10.7. The summed E-state index contributed by atoms with van der Waals surface area (Å²) in [6.07, 6.45) is 3.81. The zero-order valence-corrected chi connectivity index (χ0v) is 10.7. The molecule has 20 heavy (non-hydrogen) atoms. The molecule has 0 saturated heterocycles. The Bertz CT molecular complexity index is 732. The number of rotatable bonds is 3. The van der Waals surface area contributed by atoms with Gasteiger partial charge in [0.2, 0.25) is 0 Å². The second-order valence-corrected chi connectivity index (χ2v) is 4.31. The van der Waals surface area contributed by atoms with Crippen LogP contribution in [0.25, 0.3) is 23.5 Å². The summed E-state index contributed by atoms with van der Waals surface area (Å²) in [4.78, 5) is 4.34. The molecule has 0 bridgehead atoms. The highest BCUT2D eigenvalue weighted by Crippen LogP contribution is 2.25. The van der Waals surface area contributed by atoms with E-state index in [1.54, 1.807) is 18.2 Å². The minimum Gasteiger partial charge on any atom is -0.507 e. The smallest absolute Gasteiger partial charge is 0.185 e. The molecule has 1 heterocycles. The highest BCUT2D eigenvalue weighted by atomic mass is 16.3. The number of aromatic amines is 1. The molecule has 0 radical (unpaired) electrons. The summed E-state index contributed by atoms with van der Waals surface area (Å²) >= 11 is 0.